The average Bonchev–Trinajstić information content (AvgIpc) is 2.98. The van der Waals surface area contributed by atoms with Crippen molar-refractivity contribution in [3.05, 3.63) is 23.7 Å². The van der Waals surface area contributed by atoms with Gasteiger partial charge in [-0.3, -0.25) is 0 Å². The summed E-state index contributed by atoms with van der Waals surface area (Å²) in [6.45, 7) is 5.51. The molecule has 3 nitrogen and oxygen atoms in total. The van der Waals surface area contributed by atoms with Gasteiger partial charge in [-0.2, -0.15) is 0 Å². The second-order valence-corrected chi connectivity index (χ2v) is 6.42. The molecule has 2 aromatic heterocycles. The third kappa shape index (κ3) is 2.44. The molecule has 1 aliphatic rings. The quantitative estimate of drug-likeness (QED) is 0.798. The second kappa shape index (κ2) is 5.72. The minimum absolute atomic E-state index is 0.614. The third-order valence-corrected chi connectivity index (χ3v) is 4.88. The molecule has 2 aromatic rings. The number of aryl methyl sites for hydroxylation is 2. The summed E-state index contributed by atoms with van der Waals surface area (Å²) in [7, 11) is 0. The first-order valence-corrected chi connectivity index (χ1v) is 8.11. The van der Waals surface area contributed by atoms with E-state index in [1.54, 1.807) is 0 Å². The van der Waals surface area contributed by atoms with Crippen molar-refractivity contribution in [2.45, 2.75) is 46.1 Å². The number of hydrogen-bond acceptors (Lipinski definition) is 2. The molecule has 1 saturated carbocycles. The number of nitrogens with zero attached hydrogens (tertiary/aromatic N) is 3. The lowest BCUT2D eigenvalue weighted by atomic mass is 9.98. The van der Waals surface area contributed by atoms with Crippen LogP contribution in [-0.4, -0.2) is 20.4 Å². The van der Waals surface area contributed by atoms with Crippen molar-refractivity contribution in [1.82, 2.24) is 14.5 Å². The zero-order valence-corrected chi connectivity index (χ0v) is 13.0. The van der Waals surface area contributed by atoms with E-state index in [4.69, 9.17) is 16.6 Å². The minimum Gasteiger partial charge on any atom is -0.312 e. The van der Waals surface area contributed by atoms with Gasteiger partial charge in [0.05, 0.1) is 0 Å². The van der Waals surface area contributed by atoms with Gasteiger partial charge in [-0.15, -0.1) is 11.6 Å². The Labute approximate surface area is 125 Å². The summed E-state index contributed by atoms with van der Waals surface area (Å²) in [6.07, 6.45) is 6.74. The normalized spacial score (nSPS) is 22.8. The van der Waals surface area contributed by atoms with Gasteiger partial charge >= 0.3 is 0 Å². The summed E-state index contributed by atoms with van der Waals surface area (Å²) >= 11 is 5.95. The Morgan fingerprint density at radius 3 is 2.95 bits per heavy atom. The molecule has 0 spiro atoms. The summed E-state index contributed by atoms with van der Waals surface area (Å²) in [5.74, 6) is 3.27. The van der Waals surface area contributed by atoms with Crippen molar-refractivity contribution in [2.24, 2.45) is 11.8 Å². The van der Waals surface area contributed by atoms with Gasteiger partial charge in [0.15, 0.2) is 5.65 Å². The Kier molecular flexibility index (Phi) is 3.97. The number of halogens is 1. The fourth-order valence-corrected chi connectivity index (χ4v) is 3.55. The average molecular weight is 292 g/mol. The van der Waals surface area contributed by atoms with Gasteiger partial charge in [0.25, 0.3) is 0 Å². The van der Waals surface area contributed by atoms with Crippen LogP contribution in [0.15, 0.2) is 12.3 Å². The van der Waals surface area contributed by atoms with Gasteiger partial charge in [-0.1, -0.05) is 19.8 Å². The van der Waals surface area contributed by atoms with Crippen LogP contribution >= 0.6 is 11.6 Å². The van der Waals surface area contributed by atoms with E-state index >= 15 is 0 Å². The van der Waals surface area contributed by atoms with Crippen LogP contribution < -0.4 is 0 Å². The summed E-state index contributed by atoms with van der Waals surface area (Å²) in [4.78, 5) is 9.35. The van der Waals surface area contributed by atoms with E-state index in [-0.39, 0.29) is 0 Å². The van der Waals surface area contributed by atoms with Crippen molar-refractivity contribution in [3.63, 3.8) is 0 Å². The summed E-state index contributed by atoms with van der Waals surface area (Å²) in [5.41, 5.74) is 3.27. The summed E-state index contributed by atoms with van der Waals surface area (Å²) in [6, 6.07) is 2.03. The fourth-order valence-electron chi connectivity index (χ4n) is 3.38. The van der Waals surface area contributed by atoms with E-state index in [9.17, 15) is 0 Å². The highest BCUT2D eigenvalue weighted by molar-refractivity contribution is 6.17. The van der Waals surface area contributed by atoms with E-state index in [0.29, 0.717) is 5.88 Å². The number of fused-ring (bicyclic) bond motifs is 1. The van der Waals surface area contributed by atoms with E-state index < -0.39 is 0 Å². The van der Waals surface area contributed by atoms with Crippen LogP contribution in [0, 0.1) is 18.8 Å². The molecule has 20 heavy (non-hydrogen) atoms. The van der Waals surface area contributed by atoms with E-state index in [1.165, 1.54) is 24.8 Å². The van der Waals surface area contributed by atoms with Gasteiger partial charge in [0, 0.05) is 25.0 Å². The zero-order valence-electron chi connectivity index (χ0n) is 12.3. The van der Waals surface area contributed by atoms with E-state index in [1.807, 2.05) is 12.3 Å². The Hall–Kier alpha value is -1.09. The monoisotopic (exact) mass is 291 g/mol. The molecule has 3 rings (SSSR count). The first-order valence-electron chi connectivity index (χ1n) is 7.57. The Morgan fingerprint density at radius 2 is 2.25 bits per heavy atom. The van der Waals surface area contributed by atoms with Gasteiger partial charge in [-0.25, -0.2) is 9.97 Å². The van der Waals surface area contributed by atoms with Crippen LogP contribution in [0.4, 0.5) is 0 Å². The highest BCUT2D eigenvalue weighted by Crippen LogP contribution is 2.33. The van der Waals surface area contributed by atoms with Crippen molar-refractivity contribution < 1.29 is 0 Å². The smallest absolute Gasteiger partial charge is 0.160 e. The molecule has 0 N–H and O–H groups in total. The Balaban J connectivity index is 2.02. The maximum Gasteiger partial charge on any atom is 0.160 e. The maximum absolute atomic E-state index is 5.95. The van der Waals surface area contributed by atoms with Crippen LogP contribution in [0.5, 0.6) is 0 Å². The molecule has 4 heteroatoms. The van der Waals surface area contributed by atoms with E-state index in [0.717, 1.165) is 41.8 Å². The molecular formula is C16H22ClN3. The van der Waals surface area contributed by atoms with Crippen LogP contribution in [0.25, 0.3) is 11.2 Å². The number of rotatable bonds is 4. The molecule has 0 aliphatic heterocycles. The van der Waals surface area contributed by atoms with Crippen molar-refractivity contribution in [3.8, 4) is 0 Å². The van der Waals surface area contributed by atoms with Crippen LogP contribution in [0.3, 0.4) is 0 Å². The lowest BCUT2D eigenvalue weighted by molar-refractivity contribution is 0.363. The molecule has 2 atom stereocenters. The molecule has 1 fully saturated rings. The number of imidazole rings is 1. The highest BCUT2D eigenvalue weighted by atomic mass is 35.5. The standard InChI is InChI=1S/C16H22ClN3/c1-11-4-3-5-13(11)10-20-14(6-8-17)19-15-12(2)7-9-18-16(15)20/h7,9,11,13H,3-6,8,10H2,1-2H3. The van der Waals surface area contributed by atoms with Gasteiger partial charge in [-0.05, 0) is 36.8 Å². The molecule has 0 bridgehead atoms. The van der Waals surface area contributed by atoms with Crippen molar-refractivity contribution in [2.75, 3.05) is 5.88 Å². The molecule has 2 heterocycles. The summed E-state index contributed by atoms with van der Waals surface area (Å²) in [5, 5.41) is 0. The largest absolute Gasteiger partial charge is 0.312 e. The van der Waals surface area contributed by atoms with Crippen molar-refractivity contribution >= 4 is 22.8 Å². The molecule has 0 amide bonds. The topological polar surface area (TPSA) is 30.7 Å². The lowest BCUT2D eigenvalue weighted by Gasteiger charge is -2.17. The van der Waals surface area contributed by atoms with Gasteiger partial charge < -0.3 is 4.57 Å². The first kappa shape index (κ1) is 13.9. The lowest BCUT2D eigenvalue weighted by Crippen LogP contribution is -2.16. The van der Waals surface area contributed by atoms with Crippen LogP contribution in [0.2, 0.25) is 0 Å². The molecule has 108 valence electrons. The molecule has 2 unspecified atom stereocenters. The minimum atomic E-state index is 0.614. The predicted molar refractivity (Wildman–Crippen MR) is 83.2 cm³/mol. The highest BCUT2D eigenvalue weighted by Gasteiger charge is 2.25. The second-order valence-electron chi connectivity index (χ2n) is 6.05. The van der Waals surface area contributed by atoms with Crippen LogP contribution in [0.1, 0.15) is 37.6 Å². The molecular weight excluding hydrogens is 270 g/mol. The van der Waals surface area contributed by atoms with Crippen LogP contribution in [-0.2, 0) is 13.0 Å². The molecule has 0 saturated heterocycles. The third-order valence-electron chi connectivity index (χ3n) is 4.69. The van der Waals surface area contributed by atoms with Gasteiger partial charge in [0.1, 0.15) is 11.3 Å². The zero-order chi connectivity index (χ0) is 14.1. The molecule has 1 aliphatic carbocycles. The van der Waals surface area contributed by atoms with Crippen molar-refractivity contribution in [1.29, 1.82) is 0 Å². The SMILES string of the molecule is Cc1ccnc2c1nc(CCCl)n2CC1CCCC1C. The number of hydrogen-bond donors (Lipinski definition) is 0. The maximum atomic E-state index is 5.95. The fraction of sp³-hybridized carbons (Fsp3) is 0.625. The number of alkyl halides is 1. The van der Waals surface area contributed by atoms with E-state index in [2.05, 4.69) is 23.4 Å². The first-order chi connectivity index (χ1) is 9.70. The molecule has 0 aromatic carbocycles. The Morgan fingerprint density at radius 1 is 1.40 bits per heavy atom. The van der Waals surface area contributed by atoms with Gasteiger partial charge in [0.2, 0.25) is 0 Å². The Bertz CT molecular complexity index is 605. The summed E-state index contributed by atoms with van der Waals surface area (Å²) < 4.78 is 2.32. The predicted octanol–water partition coefficient (Wildman–Crippen LogP) is 3.96. The number of pyridine rings is 1. The number of aromatic nitrogens is 3. The molecule has 0 radical (unpaired) electrons.